The molecule has 1 N–H and O–H groups in total. The van der Waals surface area contributed by atoms with Gasteiger partial charge in [0, 0.05) is 37.3 Å². The minimum Gasteiger partial charge on any atom is -0.465 e. The van der Waals surface area contributed by atoms with Gasteiger partial charge in [0.05, 0.1) is 26.2 Å². The molecule has 3 saturated heterocycles. The Labute approximate surface area is 292 Å². The van der Waals surface area contributed by atoms with Gasteiger partial charge in [-0.2, -0.15) is 11.3 Å². The number of aryl methyl sites for hydroxylation is 2. The fourth-order valence-electron chi connectivity index (χ4n) is 5.64. The van der Waals surface area contributed by atoms with Crippen molar-refractivity contribution < 1.29 is 32.6 Å². The molecule has 4 aromatic rings. The van der Waals surface area contributed by atoms with Crippen LogP contribution in [0.25, 0.3) is 0 Å². The van der Waals surface area contributed by atoms with Crippen LogP contribution in [0.2, 0.25) is 0 Å². The molecule has 0 unspecified atom stereocenters. The quantitative estimate of drug-likeness (QED) is 0.172. The normalized spacial score (nSPS) is 18.4. The zero-order valence-corrected chi connectivity index (χ0v) is 29.9. The predicted octanol–water partition coefficient (Wildman–Crippen LogP) is 9.27. The third kappa shape index (κ3) is 9.38. The van der Waals surface area contributed by atoms with Crippen molar-refractivity contribution in [2.75, 3.05) is 19.6 Å². The molecule has 2 amide bonds. The molecular formula is C33H35BrF3N3O4S3. The Morgan fingerprint density at radius 3 is 2.30 bits per heavy atom. The lowest BCUT2D eigenvalue weighted by Crippen LogP contribution is -2.52. The molecule has 2 bridgehead atoms. The number of halogens is 4. The average molecular weight is 771 g/mol. The molecule has 3 fully saturated rings. The molecule has 0 spiro atoms. The number of hydrogen-bond acceptors (Lipinski definition) is 7. The third-order valence-corrected chi connectivity index (χ3v) is 12.2. The highest BCUT2D eigenvalue weighted by molar-refractivity contribution is 9.10. The number of carbonyl (C=O) groups excluding carboxylic acids is 1. The Kier molecular flexibility index (Phi) is 12.0. The van der Waals surface area contributed by atoms with Gasteiger partial charge in [-0.05, 0) is 113 Å². The maximum Gasteiger partial charge on any atom is 0.410 e. The van der Waals surface area contributed by atoms with Crippen molar-refractivity contribution in [3.8, 4) is 0 Å². The summed E-state index contributed by atoms with van der Waals surface area (Å²) in [4.78, 5) is 32.6. The fraction of sp³-hybridized carbons (Fsp3) is 0.394. The van der Waals surface area contributed by atoms with Crippen LogP contribution in [0, 0.1) is 37.2 Å². The van der Waals surface area contributed by atoms with Gasteiger partial charge in [-0.15, -0.1) is 22.7 Å². The first-order valence-electron chi connectivity index (χ1n) is 15.0. The van der Waals surface area contributed by atoms with Crippen molar-refractivity contribution in [3.63, 3.8) is 0 Å². The van der Waals surface area contributed by atoms with E-state index in [1.54, 1.807) is 22.7 Å². The summed E-state index contributed by atoms with van der Waals surface area (Å²) in [7, 11) is 0. The molecular weight excluding hydrogens is 735 g/mol. The molecule has 7 nitrogen and oxygen atoms in total. The van der Waals surface area contributed by atoms with Crippen LogP contribution in [-0.2, 0) is 30.9 Å². The van der Waals surface area contributed by atoms with Crippen LogP contribution in [0.15, 0.2) is 50.9 Å². The van der Waals surface area contributed by atoms with Crippen LogP contribution >= 0.6 is 49.9 Å². The molecule has 0 aliphatic carbocycles. The number of fused-ring (bicyclic) bond motifs is 3. The second kappa shape index (κ2) is 16.0. The number of rotatable bonds is 9. The van der Waals surface area contributed by atoms with Gasteiger partial charge >= 0.3 is 12.2 Å². The van der Waals surface area contributed by atoms with Crippen LogP contribution in [0.1, 0.15) is 44.2 Å². The summed E-state index contributed by atoms with van der Waals surface area (Å²) in [6.45, 7) is 7.69. The number of nitrogens with zero attached hydrogens (tertiary/aromatic N) is 3. The molecule has 0 saturated carbocycles. The van der Waals surface area contributed by atoms with Crippen LogP contribution < -0.4 is 0 Å². The Balaban J connectivity index is 0.000000199. The van der Waals surface area contributed by atoms with Gasteiger partial charge in [-0.1, -0.05) is 0 Å². The highest BCUT2D eigenvalue weighted by atomic mass is 79.9. The van der Waals surface area contributed by atoms with Gasteiger partial charge in [0.2, 0.25) is 0 Å². The van der Waals surface area contributed by atoms with Crippen LogP contribution in [0.5, 0.6) is 0 Å². The smallest absolute Gasteiger partial charge is 0.410 e. The standard InChI is InChI=1S/C20H21F3N2O2S.C13H14BrNO2S2/c21-16-8-18(23)17(22)7-15(16)10-25(9-13-3-6-28-12-13)20(26)27-19-11-24-4-1-14(19)2-5-24;1-8-3-4-18-12(8)7-15(13(16)17)6-10-5-11(14)9(2)19-10/h3,6-8,12,14,19H,1-2,4-5,9-11H2;3-5H,6-7H2,1-2H3,(H,16,17)/t19-;/m0./s1. The second-order valence-electron chi connectivity index (χ2n) is 11.7. The van der Waals surface area contributed by atoms with Gasteiger partial charge in [-0.3, -0.25) is 14.7 Å². The summed E-state index contributed by atoms with van der Waals surface area (Å²) in [6, 6.07) is 7.18. The van der Waals surface area contributed by atoms with Crippen molar-refractivity contribution in [2.24, 2.45) is 5.92 Å². The number of hydrogen-bond donors (Lipinski definition) is 1. The lowest BCUT2D eigenvalue weighted by Gasteiger charge is -2.44. The van der Waals surface area contributed by atoms with Crippen LogP contribution in [-0.4, -0.2) is 57.7 Å². The first-order chi connectivity index (χ1) is 22.5. The number of ether oxygens (including phenoxy) is 1. The Morgan fingerprint density at radius 1 is 0.979 bits per heavy atom. The van der Waals surface area contributed by atoms with Crippen LogP contribution in [0.3, 0.4) is 0 Å². The van der Waals surface area contributed by atoms with Gasteiger partial charge in [0.25, 0.3) is 0 Å². The number of carboxylic acid groups (broad SMARTS) is 1. The van der Waals surface area contributed by atoms with E-state index >= 15 is 0 Å². The van der Waals surface area contributed by atoms with Gasteiger partial charge in [0.15, 0.2) is 11.6 Å². The molecule has 6 heterocycles. The topological polar surface area (TPSA) is 73.3 Å². The number of piperidine rings is 3. The number of thiophene rings is 3. The summed E-state index contributed by atoms with van der Waals surface area (Å²) in [5, 5.41) is 15.1. The minimum atomic E-state index is -1.25. The molecule has 0 radical (unpaired) electrons. The zero-order chi connectivity index (χ0) is 33.7. The predicted molar refractivity (Wildman–Crippen MR) is 182 cm³/mol. The van der Waals surface area contributed by atoms with Gasteiger partial charge in [-0.25, -0.2) is 22.8 Å². The summed E-state index contributed by atoms with van der Waals surface area (Å²) in [6.07, 6.45) is 0.374. The van der Waals surface area contributed by atoms with E-state index in [1.165, 1.54) is 26.0 Å². The number of amides is 2. The fourth-order valence-corrected chi connectivity index (χ4v) is 8.84. The molecule has 252 valence electrons. The third-order valence-electron chi connectivity index (χ3n) is 8.34. The lowest BCUT2D eigenvalue weighted by atomic mass is 9.86. The number of carbonyl (C=O) groups is 2. The van der Waals surface area contributed by atoms with Crippen molar-refractivity contribution in [1.82, 2.24) is 14.7 Å². The number of benzene rings is 1. The van der Waals surface area contributed by atoms with E-state index in [4.69, 9.17) is 4.74 Å². The summed E-state index contributed by atoms with van der Waals surface area (Å²) in [5.41, 5.74) is 1.94. The van der Waals surface area contributed by atoms with Gasteiger partial charge in [0.1, 0.15) is 11.9 Å². The molecule has 1 aromatic carbocycles. The van der Waals surface area contributed by atoms with E-state index in [2.05, 4.69) is 20.8 Å². The molecule has 47 heavy (non-hydrogen) atoms. The Hall–Kier alpha value is -2.91. The van der Waals surface area contributed by atoms with Crippen molar-refractivity contribution in [1.29, 1.82) is 0 Å². The molecule has 1 atom stereocenters. The summed E-state index contributed by atoms with van der Waals surface area (Å²) < 4.78 is 47.7. The maximum atomic E-state index is 14.1. The highest BCUT2D eigenvalue weighted by Gasteiger charge is 2.37. The average Bonchev–Trinajstić information content (AvgIpc) is 3.78. The largest absolute Gasteiger partial charge is 0.465 e. The van der Waals surface area contributed by atoms with E-state index in [0.717, 1.165) is 57.4 Å². The zero-order valence-electron chi connectivity index (χ0n) is 25.9. The van der Waals surface area contributed by atoms with E-state index in [-0.39, 0.29) is 24.8 Å². The molecule has 7 rings (SSSR count). The van der Waals surface area contributed by atoms with E-state index in [0.29, 0.717) is 31.6 Å². The molecule has 14 heteroatoms. The lowest BCUT2D eigenvalue weighted by molar-refractivity contribution is -0.0450. The second-order valence-corrected chi connectivity index (χ2v) is 15.7. The molecule has 3 aliphatic heterocycles. The maximum absolute atomic E-state index is 14.1. The first kappa shape index (κ1) is 35.4. The van der Waals surface area contributed by atoms with E-state index in [9.17, 15) is 27.9 Å². The van der Waals surface area contributed by atoms with Crippen LogP contribution in [0.4, 0.5) is 22.8 Å². The first-order valence-corrected chi connectivity index (χ1v) is 18.5. The Bertz CT molecular complexity index is 1650. The van der Waals surface area contributed by atoms with Crippen molar-refractivity contribution in [3.05, 3.63) is 99.7 Å². The summed E-state index contributed by atoms with van der Waals surface area (Å²) >= 11 is 8.18. The Morgan fingerprint density at radius 2 is 1.72 bits per heavy atom. The van der Waals surface area contributed by atoms with Crippen molar-refractivity contribution >= 4 is 62.1 Å². The minimum absolute atomic E-state index is 0.0833. The molecule has 3 aromatic heterocycles. The monoisotopic (exact) mass is 769 g/mol. The van der Waals surface area contributed by atoms with Gasteiger partial charge < -0.3 is 9.84 Å². The summed E-state index contributed by atoms with van der Waals surface area (Å²) in [5.74, 6) is -2.93. The molecule has 3 aliphatic rings. The highest BCUT2D eigenvalue weighted by Crippen LogP contribution is 2.31. The van der Waals surface area contributed by atoms with Crippen molar-refractivity contribution in [2.45, 2.75) is 59.0 Å². The SMILES string of the molecule is Cc1ccsc1CN(Cc1cc(Br)c(C)s1)C(=O)O.O=C(O[C@H]1CN2CCC1CC2)N(Cc1ccsc1)Cc1cc(F)c(F)cc1F. The van der Waals surface area contributed by atoms with E-state index < -0.39 is 29.6 Å². The van der Waals surface area contributed by atoms with E-state index in [1.807, 2.05) is 48.2 Å².